The van der Waals surface area contributed by atoms with Gasteiger partial charge in [-0.1, -0.05) is 6.07 Å². The van der Waals surface area contributed by atoms with Crippen molar-refractivity contribution < 1.29 is 0 Å². The van der Waals surface area contributed by atoms with Crippen molar-refractivity contribution in [1.29, 1.82) is 0 Å². The zero-order valence-electron chi connectivity index (χ0n) is 9.87. The van der Waals surface area contributed by atoms with Gasteiger partial charge in [0.25, 0.3) is 0 Å². The molecular weight excluding hydrogens is 248 g/mol. The van der Waals surface area contributed by atoms with Gasteiger partial charge in [0.1, 0.15) is 16.7 Å². The quantitative estimate of drug-likeness (QED) is 0.711. The topological polar surface area (TPSA) is 117 Å². The number of hydrogen-bond donors (Lipinski definition) is 3. The molecule has 0 aliphatic heterocycles. The van der Waals surface area contributed by atoms with Crippen LogP contribution < -0.4 is 17.2 Å². The van der Waals surface area contributed by atoms with Crippen LogP contribution in [0, 0.1) is 0 Å². The normalized spacial score (nSPS) is 12.3. The molecule has 6 nitrogen and oxygen atoms in total. The van der Waals surface area contributed by atoms with Crippen LogP contribution in [0.4, 0.5) is 11.6 Å². The second-order valence-electron chi connectivity index (χ2n) is 3.79. The minimum atomic E-state index is -0.111. The van der Waals surface area contributed by atoms with Gasteiger partial charge in [-0.05, 0) is 24.8 Å². The smallest absolute Gasteiger partial charge is 0.197 e. The van der Waals surface area contributed by atoms with Crippen LogP contribution in [0.25, 0.3) is 0 Å². The molecule has 7 heteroatoms. The Morgan fingerprint density at radius 3 is 2.50 bits per heavy atom. The lowest BCUT2D eigenvalue weighted by Crippen LogP contribution is -2.07. The molecule has 2 rings (SSSR count). The molecule has 0 fully saturated rings. The van der Waals surface area contributed by atoms with Gasteiger partial charge in [-0.15, -0.1) is 0 Å². The molecule has 0 spiro atoms. The van der Waals surface area contributed by atoms with E-state index in [1.807, 2.05) is 19.1 Å². The fourth-order valence-corrected chi connectivity index (χ4v) is 2.39. The molecular formula is C11H14N6S. The van der Waals surface area contributed by atoms with Gasteiger partial charge < -0.3 is 17.2 Å². The number of nitrogens with two attached hydrogens (primary N) is 3. The van der Waals surface area contributed by atoms with Crippen molar-refractivity contribution in [3.8, 4) is 0 Å². The molecule has 94 valence electrons. The molecule has 0 amide bonds. The highest BCUT2D eigenvalue weighted by atomic mass is 32.2. The van der Waals surface area contributed by atoms with E-state index in [2.05, 4.69) is 15.0 Å². The van der Waals surface area contributed by atoms with Gasteiger partial charge in [0.15, 0.2) is 5.16 Å². The van der Waals surface area contributed by atoms with E-state index in [1.54, 1.807) is 6.20 Å². The molecule has 6 N–H and O–H groups in total. The van der Waals surface area contributed by atoms with Gasteiger partial charge in [0.05, 0.1) is 0 Å². The monoisotopic (exact) mass is 262 g/mol. The van der Waals surface area contributed by atoms with Crippen molar-refractivity contribution in [3.63, 3.8) is 0 Å². The van der Waals surface area contributed by atoms with E-state index in [9.17, 15) is 0 Å². The molecule has 2 aromatic heterocycles. The van der Waals surface area contributed by atoms with E-state index >= 15 is 0 Å². The summed E-state index contributed by atoms with van der Waals surface area (Å²) < 4.78 is 0. The van der Waals surface area contributed by atoms with Crippen molar-refractivity contribution in [2.24, 2.45) is 5.73 Å². The van der Waals surface area contributed by atoms with Crippen LogP contribution >= 0.6 is 11.8 Å². The Balaban J connectivity index is 2.34. The van der Waals surface area contributed by atoms with Crippen molar-refractivity contribution in [2.75, 3.05) is 11.5 Å². The Kier molecular flexibility index (Phi) is 3.63. The van der Waals surface area contributed by atoms with E-state index in [-0.39, 0.29) is 6.04 Å². The zero-order valence-corrected chi connectivity index (χ0v) is 10.7. The van der Waals surface area contributed by atoms with Gasteiger partial charge in [0, 0.05) is 23.9 Å². The Bertz CT molecular complexity index is 537. The molecule has 18 heavy (non-hydrogen) atoms. The first kappa shape index (κ1) is 12.6. The number of pyridine rings is 1. The Morgan fingerprint density at radius 2 is 1.89 bits per heavy atom. The molecule has 0 aliphatic rings. The van der Waals surface area contributed by atoms with Crippen LogP contribution in [-0.4, -0.2) is 15.0 Å². The lowest BCUT2D eigenvalue weighted by molar-refractivity contribution is 0.778. The molecule has 0 radical (unpaired) electrons. The summed E-state index contributed by atoms with van der Waals surface area (Å²) in [5.74, 6) is 0.673. The first-order chi connectivity index (χ1) is 8.56. The summed E-state index contributed by atoms with van der Waals surface area (Å²) in [7, 11) is 0. The summed E-state index contributed by atoms with van der Waals surface area (Å²) in [5.41, 5.74) is 18.1. The lowest BCUT2D eigenvalue weighted by Gasteiger charge is -2.10. The largest absolute Gasteiger partial charge is 0.383 e. The van der Waals surface area contributed by atoms with Crippen molar-refractivity contribution in [2.45, 2.75) is 23.1 Å². The number of hydrogen-bond acceptors (Lipinski definition) is 7. The highest BCUT2D eigenvalue weighted by Gasteiger charge is 2.11. The molecule has 0 aliphatic carbocycles. The molecule has 2 heterocycles. The summed E-state index contributed by atoms with van der Waals surface area (Å²) in [6.07, 6.45) is 1.70. The van der Waals surface area contributed by atoms with E-state index in [4.69, 9.17) is 17.2 Å². The molecule has 0 saturated heterocycles. The predicted octanol–water partition coefficient (Wildman–Crippen LogP) is 1.21. The van der Waals surface area contributed by atoms with Gasteiger partial charge >= 0.3 is 0 Å². The molecule has 2 aromatic rings. The molecule has 0 unspecified atom stereocenters. The average molecular weight is 262 g/mol. The minimum absolute atomic E-state index is 0.111. The third-order valence-electron chi connectivity index (χ3n) is 2.22. The second kappa shape index (κ2) is 5.19. The van der Waals surface area contributed by atoms with Crippen molar-refractivity contribution in [3.05, 3.63) is 30.0 Å². The predicted molar refractivity (Wildman–Crippen MR) is 71.8 cm³/mol. The lowest BCUT2D eigenvalue weighted by atomic mass is 10.2. The molecule has 0 bridgehead atoms. The van der Waals surface area contributed by atoms with Crippen LogP contribution in [0.5, 0.6) is 0 Å². The molecule has 0 saturated carbocycles. The van der Waals surface area contributed by atoms with Gasteiger partial charge in [-0.25, -0.2) is 15.0 Å². The maximum Gasteiger partial charge on any atom is 0.197 e. The summed E-state index contributed by atoms with van der Waals surface area (Å²) in [6.45, 7) is 1.90. The Labute approximate surface area is 109 Å². The van der Waals surface area contributed by atoms with Gasteiger partial charge in [-0.3, -0.25) is 0 Å². The van der Waals surface area contributed by atoms with Gasteiger partial charge in [-0.2, -0.15) is 0 Å². The maximum atomic E-state index is 5.88. The van der Waals surface area contributed by atoms with E-state index < -0.39 is 0 Å². The first-order valence-corrected chi connectivity index (χ1v) is 6.16. The third kappa shape index (κ3) is 2.88. The highest BCUT2D eigenvalue weighted by molar-refractivity contribution is 7.99. The Hall–Kier alpha value is -1.86. The van der Waals surface area contributed by atoms with E-state index in [0.29, 0.717) is 16.8 Å². The van der Waals surface area contributed by atoms with E-state index in [1.165, 1.54) is 17.8 Å². The average Bonchev–Trinajstić information content (AvgIpc) is 2.27. The van der Waals surface area contributed by atoms with Crippen molar-refractivity contribution in [1.82, 2.24) is 15.0 Å². The fraction of sp³-hybridized carbons (Fsp3) is 0.182. The molecule has 1 atom stereocenters. The number of nitrogen functional groups attached to an aromatic ring is 2. The first-order valence-electron chi connectivity index (χ1n) is 5.34. The van der Waals surface area contributed by atoms with Crippen LogP contribution in [0.1, 0.15) is 18.5 Å². The summed E-state index contributed by atoms with van der Waals surface area (Å²) in [4.78, 5) is 12.5. The van der Waals surface area contributed by atoms with Crippen LogP contribution in [0.15, 0.2) is 34.6 Å². The number of anilines is 2. The van der Waals surface area contributed by atoms with Gasteiger partial charge in [0.2, 0.25) is 0 Å². The maximum absolute atomic E-state index is 5.88. The standard InChI is InChI=1S/C11H14N6S/c1-6(12)7-3-2-4-15-10(7)18-11-16-8(13)5-9(14)17-11/h2-6H,12H2,1H3,(H4,13,14,16,17)/t6-/m0/s1. The minimum Gasteiger partial charge on any atom is -0.383 e. The van der Waals surface area contributed by atoms with E-state index in [0.717, 1.165) is 10.6 Å². The van der Waals surface area contributed by atoms with Crippen LogP contribution in [0.2, 0.25) is 0 Å². The van der Waals surface area contributed by atoms with Crippen molar-refractivity contribution >= 4 is 23.4 Å². The number of rotatable bonds is 3. The SMILES string of the molecule is C[C@H](N)c1cccnc1Sc1nc(N)cc(N)n1. The Morgan fingerprint density at radius 1 is 1.22 bits per heavy atom. The number of nitrogens with zero attached hydrogens (tertiary/aromatic N) is 3. The second-order valence-corrected chi connectivity index (χ2v) is 4.74. The van der Waals surface area contributed by atoms with Crippen LogP contribution in [-0.2, 0) is 0 Å². The summed E-state index contributed by atoms with van der Waals surface area (Å²) >= 11 is 1.30. The summed E-state index contributed by atoms with van der Waals surface area (Å²) in [5, 5.41) is 1.23. The number of aromatic nitrogens is 3. The fourth-order valence-electron chi connectivity index (χ4n) is 1.43. The molecule has 0 aromatic carbocycles. The highest BCUT2D eigenvalue weighted by Crippen LogP contribution is 2.29. The third-order valence-corrected chi connectivity index (χ3v) is 3.12. The van der Waals surface area contributed by atoms with Crippen LogP contribution in [0.3, 0.4) is 0 Å². The summed E-state index contributed by atoms with van der Waals surface area (Å²) in [6, 6.07) is 5.17. The zero-order chi connectivity index (χ0) is 13.1.